The summed E-state index contributed by atoms with van der Waals surface area (Å²) >= 11 is 6.34. The highest BCUT2D eigenvalue weighted by atomic mass is 32.1. The third-order valence-electron chi connectivity index (χ3n) is 3.78. The van der Waals surface area contributed by atoms with E-state index in [1.807, 2.05) is 18.2 Å². The standard InChI is InChI=1S/C17H14N2O5S2/c1-24-16(23)14-10(9-4-2-3-5-11(9)18-14)8-12-15(22)19(17(25)26-12)7-6-13(20)21/h2-5,8,22H,6-7H2,1H3,(H,20,21)/b10-8+. The monoisotopic (exact) mass is 390 g/mol. The van der Waals surface area contributed by atoms with Crippen molar-refractivity contribution in [2.24, 2.45) is 4.99 Å². The van der Waals surface area contributed by atoms with Crippen LogP contribution in [-0.4, -0.2) is 39.5 Å². The van der Waals surface area contributed by atoms with Crippen LogP contribution in [0.5, 0.6) is 5.88 Å². The van der Waals surface area contributed by atoms with E-state index in [-0.39, 0.29) is 24.6 Å². The number of aromatic hydroxyl groups is 1. The second-order valence-corrected chi connectivity index (χ2v) is 7.05. The number of ether oxygens (including phenoxy) is 1. The Hall–Kier alpha value is -2.78. The molecule has 0 saturated heterocycles. The molecule has 0 radical (unpaired) electrons. The second-order valence-electron chi connectivity index (χ2n) is 5.38. The third-order valence-corrected chi connectivity index (χ3v) is 5.16. The first-order valence-electron chi connectivity index (χ1n) is 7.55. The van der Waals surface area contributed by atoms with Crippen LogP contribution in [0.3, 0.4) is 0 Å². The highest BCUT2D eigenvalue weighted by molar-refractivity contribution is 7.73. The Morgan fingerprint density at radius 3 is 2.81 bits per heavy atom. The van der Waals surface area contributed by atoms with E-state index >= 15 is 0 Å². The number of aliphatic imine (C=N–C) groups is 1. The highest BCUT2D eigenvalue weighted by Crippen LogP contribution is 2.38. The number of hydrogen-bond acceptors (Lipinski definition) is 7. The van der Waals surface area contributed by atoms with Crippen LogP contribution in [0.2, 0.25) is 0 Å². The van der Waals surface area contributed by atoms with Gasteiger partial charge >= 0.3 is 11.9 Å². The average molecular weight is 390 g/mol. The first-order chi connectivity index (χ1) is 12.4. The van der Waals surface area contributed by atoms with E-state index in [0.29, 0.717) is 20.1 Å². The van der Waals surface area contributed by atoms with Crippen molar-refractivity contribution in [2.75, 3.05) is 7.11 Å². The van der Waals surface area contributed by atoms with Gasteiger partial charge in [-0.25, -0.2) is 9.79 Å². The predicted octanol–water partition coefficient (Wildman–Crippen LogP) is 3.26. The molecule has 134 valence electrons. The summed E-state index contributed by atoms with van der Waals surface area (Å²) in [5.74, 6) is -1.70. The fourth-order valence-electron chi connectivity index (χ4n) is 2.55. The summed E-state index contributed by atoms with van der Waals surface area (Å²) in [6, 6.07) is 7.23. The van der Waals surface area contributed by atoms with Gasteiger partial charge in [0.2, 0.25) is 5.88 Å². The van der Waals surface area contributed by atoms with Crippen LogP contribution in [0.4, 0.5) is 5.69 Å². The number of benzene rings is 1. The summed E-state index contributed by atoms with van der Waals surface area (Å²) < 4.78 is 6.50. The van der Waals surface area contributed by atoms with Gasteiger partial charge in [0, 0.05) is 17.7 Å². The fraction of sp³-hybridized carbons (Fsp3) is 0.176. The van der Waals surface area contributed by atoms with Gasteiger partial charge in [0.1, 0.15) is 0 Å². The van der Waals surface area contributed by atoms with Crippen LogP contribution < -0.4 is 0 Å². The summed E-state index contributed by atoms with van der Waals surface area (Å²) in [5.41, 5.74) is 2.03. The highest BCUT2D eigenvalue weighted by Gasteiger charge is 2.27. The first-order valence-corrected chi connectivity index (χ1v) is 8.77. The molecule has 1 aromatic heterocycles. The zero-order valence-corrected chi connectivity index (χ0v) is 15.3. The van der Waals surface area contributed by atoms with Crippen molar-refractivity contribution in [1.29, 1.82) is 0 Å². The normalized spacial score (nSPS) is 14.2. The molecule has 1 aromatic carbocycles. The molecule has 0 bridgehead atoms. The van der Waals surface area contributed by atoms with E-state index in [4.69, 9.17) is 22.1 Å². The zero-order chi connectivity index (χ0) is 18.8. The van der Waals surface area contributed by atoms with Gasteiger partial charge in [-0.1, -0.05) is 18.2 Å². The van der Waals surface area contributed by atoms with E-state index < -0.39 is 11.9 Å². The van der Waals surface area contributed by atoms with Gasteiger partial charge in [0.25, 0.3) is 0 Å². The molecule has 1 aliphatic rings. The lowest BCUT2D eigenvalue weighted by molar-refractivity contribution is -0.137. The second kappa shape index (κ2) is 7.22. The van der Waals surface area contributed by atoms with Gasteiger partial charge < -0.3 is 14.9 Å². The van der Waals surface area contributed by atoms with Crippen LogP contribution in [0, 0.1) is 3.95 Å². The predicted molar refractivity (Wildman–Crippen MR) is 100 cm³/mol. The molecule has 7 nitrogen and oxygen atoms in total. The van der Waals surface area contributed by atoms with Crippen molar-refractivity contribution in [3.8, 4) is 5.88 Å². The lowest BCUT2D eigenvalue weighted by Crippen LogP contribution is -2.14. The molecular weight excluding hydrogens is 376 g/mol. The SMILES string of the molecule is COC(=O)C1=Nc2ccccc2/C1=C\c1sc(=S)n(CCC(=O)O)c1O. The number of carboxylic acid groups (broad SMARTS) is 1. The van der Waals surface area contributed by atoms with Crippen LogP contribution in [0.25, 0.3) is 11.6 Å². The Balaban J connectivity index is 2.07. The number of carbonyl (C=O) groups excluding carboxylic acids is 1. The van der Waals surface area contributed by atoms with Gasteiger partial charge in [-0.3, -0.25) is 9.36 Å². The van der Waals surface area contributed by atoms with Gasteiger partial charge in [-0.15, -0.1) is 11.3 Å². The molecule has 0 unspecified atom stereocenters. The van der Waals surface area contributed by atoms with E-state index in [1.165, 1.54) is 11.7 Å². The molecule has 0 aliphatic carbocycles. The number of nitrogens with zero attached hydrogens (tertiary/aromatic N) is 2. The van der Waals surface area contributed by atoms with Crippen LogP contribution in [0.1, 0.15) is 16.9 Å². The number of para-hydroxylation sites is 1. The Bertz CT molecular complexity index is 1020. The molecule has 0 atom stereocenters. The minimum absolute atomic E-state index is 0.0637. The van der Waals surface area contributed by atoms with E-state index in [1.54, 1.807) is 12.1 Å². The number of carbonyl (C=O) groups is 2. The summed E-state index contributed by atoms with van der Waals surface area (Å²) in [7, 11) is 1.27. The summed E-state index contributed by atoms with van der Waals surface area (Å²) in [5, 5.41) is 19.2. The Morgan fingerprint density at radius 1 is 1.38 bits per heavy atom. The van der Waals surface area contributed by atoms with Crippen molar-refractivity contribution in [1.82, 2.24) is 4.57 Å². The molecule has 1 aliphatic heterocycles. The number of aliphatic carboxylic acids is 1. The van der Waals surface area contributed by atoms with Crippen molar-refractivity contribution >= 4 is 58.5 Å². The molecule has 26 heavy (non-hydrogen) atoms. The maximum atomic E-state index is 12.1. The largest absolute Gasteiger partial charge is 0.493 e. The van der Waals surface area contributed by atoms with Crippen molar-refractivity contribution < 1.29 is 24.5 Å². The first kappa shape index (κ1) is 18.0. The average Bonchev–Trinajstić information content (AvgIpc) is 3.11. The molecule has 2 heterocycles. The maximum absolute atomic E-state index is 12.1. The van der Waals surface area contributed by atoms with E-state index in [9.17, 15) is 14.7 Å². The number of hydrogen-bond donors (Lipinski definition) is 2. The minimum atomic E-state index is -0.984. The van der Waals surface area contributed by atoms with Crippen LogP contribution >= 0.6 is 23.6 Å². The molecule has 2 N–H and O–H groups in total. The zero-order valence-electron chi connectivity index (χ0n) is 13.6. The fourth-order valence-corrected chi connectivity index (χ4v) is 3.85. The lowest BCUT2D eigenvalue weighted by Gasteiger charge is -2.04. The van der Waals surface area contributed by atoms with Crippen molar-refractivity contribution in [3.05, 3.63) is 38.7 Å². The third kappa shape index (κ3) is 3.31. The van der Waals surface area contributed by atoms with Crippen LogP contribution in [0.15, 0.2) is 29.3 Å². The number of methoxy groups -OCH3 is 1. The number of aromatic nitrogens is 1. The Labute approximate surface area is 157 Å². The van der Waals surface area contributed by atoms with Gasteiger partial charge in [-0.05, 0) is 24.4 Å². The van der Waals surface area contributed by atoms with Gasteiger partial charge in [0.15, 0.2) is 9.67 Å². The smallest absolute Gasteiger partial charge is 0.357 e. The Kier molecular flexibility index (Phi) is 5.01. The summed E-state index contributed by atoms with van der Waals surface area (Å²) in [6.45, 7) is 0.0637. The molecule has 9 heteroatoms. The molecule has 0 amide bonds. The van der Waals surface area contributed by atoms with E-state index in [2.05, 4.69) is 4.99 Å². The topological polar surface area (TPSA) is 101 Å². The van der Waals surface area contributed by atoms with Crippen LogP contribution in [-0.2, 0) is 20.9 Å². The molecule has 3 rings (SSSR count). The van der Waals surface area contributed by atoms with E-state index in [0.717, 1.165) is 16.9 Å². The number of esters is 1. The van der Waals surface area contributed by atoms with Crippen molar-refractivity contribution in [3.63, 3.8) is 0 Å². The molecule has 2 aromatic rings. The molecule has 0 fully saturated rings. The summed E-state index contributed by atoms with van der Waals surface area (Å²) in [4.78, 5) is 27.6. The molecule has 0 saturated carbocycles. The quantitative estimate of drug-likeness (QED) is 0.600. The maximum Gasteiger partial charge on any atom is 0.357 e. The molecular formula is C17H14N2O5S2. The lowest BCUT2D eigenvalue weighted by atomic mass is 10.0. The summed E-state index contributed by atoms with van der Waals surface area (Å²) in [6.07, 6.45) is 1.46. The molecule has 0 spiro atoms. The number of carboxylic acids is 1. The van der Waals surface area contributed by atoms with Gasteiger partial charge in [-0.2, -0.15) is 0 Å². The number of thiazole rings is 1. The number of fused-ring (bicyclic) bond motifs is 1. The Morgan fingerprint density at radius 2 is 2.12 bits per heavy atom. The van der Waals surface area contributed by atoms with Crippen molar-refractivity contribution in [2.45, 2.75) is 13.0 Å². The number of rotatable bonds is 5. The van der Waals surface area contributed by atoms with Gasteiger partial charge in [0.05, 0.1) is 24.1 Å². The minimum Gasteiger partial charge on any atom is -0.493 e.